The summed E-state index contributed by atoms with van der Waals surface area (Å²) in [6.07, 6.45) is 0. The summed E-state index contributed by atoms with van der Waals surface area (Å²) in [6, 6.07) is 8.24. The average molecular weight is 276 g/mol. The van der Waals surface area contributed by atoms with E-state index in [-0.39, 0.29) is 5.01 Å². The van der Waals surface area contributed by atoms with Crippen molar-refractivity contribution in [3.05, 3.63) is 45.9 Å². The lowest BCUT2D eigenvalue weighted by Gasteiger charge is -2.08. The van der Waals surface area contributed by atoms with E-state index in [1.165, 1.54) is 5.56 Å². The highest BCUT2D eigenvalue weighted by Gasteiger charge is 2.08. The highest BCUT2D eigenvalue weighted by molar-refractivity contribution is 7.11. The third-order valence-corrected chi connectivity index (χ3v) is 3.66. The van der Waals surface area contributed by atoms with Crippen LogP contribution in [0.25, 0.3) is 0 Å². The molecule has 0 unspecified atom stereocenters. The molecule has 2 aromatic rings. The zero-order valence-corrected chi connectivity index (χ0v) is 11.7. The fraction of sp³-hybridized carbons (Fsp3) is 0.286. The number of nitrogens with zero attached hydrogens (tertiary/aromatic N) is 1. The first-order chi connectivity index (χ1) is 9.06. The Balaban J connectivity index is 1.96. The summed E-state index contributed by atoms with van der Waals surface area (Å²) >= 11 is 1.15. The Bertz CT molecular complexity index is 561. The molecular weight excluding hydrogens is 260 g/mol. The number of thiazole rings is 1. The Morgan fingerprint density at radius 3 is 2.58 bits per heavy atom. The lowest BCUT2D eigenvalue weighted by molar-refractivity contribution is 0.0696. The largest absolute Gasteiger partial charge is 0.476 e. The lowest BCUT2D eigenvalue weighted by Crippen LogP contribution is -2.01. The maximum Gasteiger partial charge on any atom is 0.365 e. The maximum atomic E-state index is 10.7. The van der Waals surface area contributed by atoms with E-state index in [4.69, 9.17) is 5.11 Å². The zero-order valence-electron chi connectivity index (χ0n) is 10.9. The van der Waals surface area contributed by atoms with Crippen molar-refractivity contribution < 1.29 is 9.90 Å². The Labute approximate surface area is 116 Å². The van der Waals surface area contributed by atoms with Gasteiger partial charge in [0.15, 0.2) is 0 Å². The minimum atomic E-state index is -0.975. The summed E-state index contributed by atoms with van der Waals surface area (Å²) in [6.45, 7) is 4.85. The van der Waals surface area contributed by atoms with Gasteiger partial charge in [-0.3, -0.25) is 0 Å². The van der Waals surface area contributed by atoms with Crippen molar-refractivity contribution in [2.75, 3.05) is 5.32 Å². The van der Waals surface area contributed by atoms with Gasteiger partial charge in [0.25, 0.3) is 0 Å². The smallest absolute Gasteiger partial charge is 0.365 e. The van der Waals surface area contributed by atoms with Gasteiger partial charge >= 0.3 is 5.97 Å². The molecule has 0 aliphatic heterocycles. The van der Waals surface area contributed by atoms with Gasteiger partial charge in [0.05, 0.1) is 12.2 Å². The van der Waals surface area contributed by atoms with Gasteiger partial charge < -0.3 is 10.4 Å². The number of aromatic nitrogens is 1. The van der Waals surface area contributed by atoms with Crippen LogP contribution >= 0.6 is 11.3 Å². The molecular formula is C14H16N2O2S. The second-order valence-electron chi connectivity index (χ2n) is 4.58. The summed E-state index contributed by atoms with van der Waals surface area (Å²) in [5.41, 5.74) is 3.05. The van der Waals surface area contributed by atoms with Crippen LogP contribution in [0.15, 0.2) is 29.6 Å². The summed E-state index contributed by atoms with van der Waals surface area (Å²) < 4.78 is 0. The van der Waals surface area contributed by atoms with Crippen LogP contribution in [-0.2, 0) is 6.54 Å². The monoisotopic (exact) mass is 276 g/mol. The average Bonchev–Trinajstić information content (AvgIpc) is 2.86. The molecule has 1 heterocycles. The van der Waals surface area contributed by atoms with Crippen LogP contribution in [0.3, 0.4) is 0 Å². The van der Waals surface area contributed by atoms with Crippen LogP contribution in [0.5, 0.6) is 0 Å². The van der Waals surface area contributed by atoms with E-state index in [0.717, 1.165) is 22.7 Å². The van der Waals surface area contributed by atoms with E-state index in [1.54, 1.807) is 5.38 Å². The molecule has 100 valence electrons. The molecule has 0 aliphatic rings. The zero-order chi connectivity index (χ0) is 13.8. The van der Waals surface area contributed by atoms with Gasteiger partial charge in [0.1, 0.15) is 0 Å². The standard InChI is InChI=1S/C14H16N2O2S/c1-9(2)10-3-5-11(6-4-10)15-7-12-8-19-13(16-12)14(17)18/h3-6,8-9,15H,7H2,1-2H3,(H,17,18). The van der Waals surface area contributed by atoms with E-state index in [1.807, 2.05) is 12.1 Å². The first-order valence-corrected chi connectivity index (χ1v) is 6.95. The molecule has 0 fully saturated rings. The van der Waals surface area contributed by atoms with E-state index >= 15 is 0 Å². The maximum absolute atomic E-state index is 10.7. The molecule has 0 spiro atoms. The molecule has 1 aromatic heterocycles. The quantitative estimate of drug-likeness (QED) is 0.876. The minimum Gasteiger partial charge on any atom is -0.476 e. The van der Waals surface area contributed by atoms with Crippen LogP contribution in [0.1, 0.15) is 40.8 Å². The Kier molecular flexibility index (Phi) is 4.16. The van der Waals surface area contributed by atoms with Gasteiger partial charge in [0, 0.05) is 11.1 Å². The fourth-order valence-electron chi connectivity index (χ4n) is 1.66. The molecule has 19 heavy (non-hydrogen) atoms. The Hall–Kier alpha value is -1.88. The predicted molar refractivity (Wildman–Crippen MR) is 76.9 cm³/mol. The van der Waals surface area contributed by atoms with Crippen molar-refractivity contribution >= 4 is 23.0 Å². The Morgan fingerprint density at radius 2 is 2.05 bits per heavy atom. The third kappa shape index (κ3) is 3.54. The normalized spacial score (nSPS) is 10.7. The fourth-order valence-corrected chi connectivity index (χ4v) is 2.32. The highest BCUT2D eigenvalue weighted by atomic mass is 32.1. The van der Waals surface area contributed by atoms with E-state index in [9.17, 15) is 4.79 Å². The van der Waals surface area contributed by atoms with Gasteiger partial charge in [0.2, 0.25) is 5.01 Å². The number of rotatable bonds is 5. The minimum absolute atomic E-state index is 0.131. The van der Waals surface area contributed by atoms with Crippen LogP contribution < -0.4 is 5.32 Å². The number of aromatic carboxylic acids is 1. The molecule has 0 amide bonds. The molecule has 0 radical (unpaired) electrons. The summed E-state index contributed by atoms with van der Waals surface area (Å²) in [5.74, 6) is -0.455. The number of hydrogen-bond acceptors (Lipinski definition) is 4. The molecule has 0 aliphatic carbocycles. The number of benzene rings is 1. The second kappa shape index (κ2) is 5.84. The molecule has 0 saturated carbocycles. The first kappa shape index (κ1) is 13.5. The first-order valence-electron chi connectivity index (χ1n) is 6.08. The lowest BCUT2D eigenvalue weighted by atomic mass is 10.0. The van der Waals surface area contributed by atoms with E-state index < -0.39 is 5.97 Å². The van der Waals surface area contributed by atoms with Crippen LogP contribution in [0, 0.1) is 0 Å². The number of carboxylic acids is 1. The van der Waals surface area contributed by atoms with Gasteiger partial charge in [-0.25, -0.2) is 9.78 Å². The van der Waals surface area contributed by atoms with Crippen molar-refractivity contribution in [3.63, 3.8) is 0 Å². The van der Waals surface area contributed by atoms with Crippen LogP contribution in [0.2, 0.25) is 0 Å². The van der Waals surface area contributed by atoms with Crippen molar-refractivity contribution in [2.24, 2.45) is 0 Å². The molecule has 0 saturated heterocycles. The summed E-state index contributed by atoms with van der Waals surface area (Å²) in [7, 11) is 0. The van der Waals surface area contributed by atoms with Gasteiger partial charge in [-0.15, -0.1) is 11.3 Å². The molecule has 5 heteroatoms. The van der Waals surface area contributed by atoms with Crippen molar-refractivity contribution in [1.82, 2.24) is 4.98 Å². The highest BCUT2D eigenvalue weighted by Crippen LogP contribution is 2.18. The molecule has 1 aromatic carbocycles. The molecule has 2 rings (SSSR count). The number of anilines is 1. The number of carbonyl (C=O) groups is 1. The van der Waals surface area contributed by atoms with Crippen LogP contribution in [-0.4, -0.2) is 16.1 Å². The number of carboxylic acid groups (broad SMARTS) is 1. The summed E-state index contributed by atoms with van der Waals surface area (Å²) in [4.78, 5) is 14.7. The molecule has 4 nitrogen and oxygen atoms in total. The van der Waals surface area contributed by atoms with Gasteiger partial charge in [-0.1, -0.05) is 26.0 Å². The number of nitrogens with one attached hydrogen (secondary N) is 1. The van der Waals surface area contributed by atoms with Crippen molar-refractivity contribution in [3.8, 4) is 0 Å². The predicted octanol–water partition coefficient (Wildman–Crippen LogP) is 3.58. The number of hydrogen-bond donors (Lipinski definition) is 2. The van der Waals surface area contributed by atoms with E-state index in [2.05, 4.69) is 36.3 Å². The van der Waals surface area contributed by atoms with Crippen molar-refractivity contribution in [2.45, 2.75) is 26.3 Å². The molecule has 0 bridgehead atoms. The molecule has 0 atom stereocenters. The molecule has 2 N–H and O–H groups in total. The van der Waals surface area contributed by atoms with E-state index in [0.29, 0.717) is 12.5 Å². The second-order valence-corrected chi connectivity index (χ2v) is 5.44. The third-order valence-electron chi connectivity index (χ3n) is 2.79. The SMILES string of the molecule is CC(C)c1ccc(NCc2csc(C(=O)O)n2)cc1. The van der Waals surface area contributed by atoms with Gasteiger partial charge in [-0.05, 0) is 23.6 Å². The van der Waals surface area contributed by atoms with Gasteiger partial charge in [-0.2, -0.15) is 0 Å². The van der Waals surface area contributed by atoms with Crippen LogP contribution in [0.4, 0.5) is 5.69 Å². The topological polar surface area (TPSA) is 62.2 Å². The van der Waals surface area contributed by atoms with Crippen molar-refractivity contribution in [1.29, 1.82) is 0 Å². The Morgan fingerprint density at radius 1 is 1.37 bits per heavy atom. The summed E-state index contributed by atoms with van der Waals surface area (Å²) in [5, 5.41) is 13.9.